The maximum absolute atomic E-state index is 14.7. The number of fused-ring (bicyclic) bond motifs is 2. The SMILES string of the molecule is CC(Cc1cc(F)c2cc(Cl)c(N)nc2c1)C1=CC(n2ccc3c(N)ncnc32)CC1C. The molecule has 164 valence electrons. The Morgan fingerprint density at radius 2 is 2.00 bits per heavy atom. The van der Waals surface area contributed by atoms with Gasteiger partial charge < -0.3 is 16.0 Å². The zero-order valence-electron chi connectivity index (χ0n) is 17.9. The molecule has 0 radical (unpaired) electrons. The van der Waals surface area contributed by atoms with Crippen LogP contribution in [-0.4, -0.2) is 19.5 Å². The molecule has 3 atom stereocenters. The van der Waals surface area contributed by atoms with Crippen LogP contribution < -0.4 is 11.5 Å². The van der Waals surface area contributed by atoms with Crippen LogP contribution in [0.5, 0.6) is 0 Å². The summed E-state index contributed by atoms with van der Waals surface area (Å²) in [5.74, 6) is 1.03. The number of aromatic nitrogens is 4. The molecule has 0 aliphatic heterocycles. The summed E-state index contributed by atoms with van der Waals surface area (Å²) < 4.78 is 16.9. The summed E-state index contributed by atoms with van der Waals surface area (Å²) in [7, 11) is 0. The predicted molar refractivity (Wildman–Crippen MR) is 127 cm³/mol. The third kappa shape index (κ3) is 3.46. The monoisotopic (exact) mass is 450 g/mol. The van der Waals surface area contributed by atoms with Crippen LogP contribution in [0.15, 0.2) is 48.4 Å². The van der Waals surface area contributed by atoms with Crippen LogP contribution in [0.25, 0.3) is 21.9 Å². The fourth-order valence-corrected chi connectivity index (χ4v) is 5.07. The number of nitrogens with zero attached hydrogens (tertiary/aromatic N) is 4. The average molecular weight is 451 g/mol. The highest BCUT2D eigenvalue weighted by atomic mass is 35.5. The molecular weight excluding hydrogens is 427 g/mol. The Morgan fingerprint density at radius 1 is 1.19 bits per heavy atom. The lowest BCUT2D eigenvalue weighted by Crippen LogP contribution is -2.08. The number of pyridine rings is 1. The van der Waals surface area contributed by atoms with Gasteiger partial charge in [0, 0.05) is 11.6 Å². The lowest BCUT2D eigenvalue weighted by molar-refractivity contribution is 0.503. The van der Waals surface area contributed by atoms with Gasteiger partial charge in [0.1, 0.15) is 29.4 Å². The molecule has 4 aromatic rings. The Kier molecular flexibility index (Phi) is 5.01. The molecule has 0 bridgehead atoms. The molecule has 4 N–H and O–H groups in total. The van der Waals surface area contributed by atoms with Crippen LogP contribution in [0.3, 0.4) is 0 Å². The maximum Gasteiger partial charge on any atom is 0.146 e. The summed E-state index contributed by atoms with van der Waals surface area (Å²) in [4.78, 5) is 12.8. The largest absolute Gasteiger partial charge is 0.383 e. The molecule has 0 saturated carbocycles. The Labute approximate surface area is 190 Å². The fraction of sp³-hybridized carbons (Fsp3) is 0.292. The number of hydrogen-bond donors (Lipinski definition) is 2. The Hall–Kier alpha value is -3.19. The molecule has 1 aromatic carbocycles. The van der Waals surface area contributed by atoms with Crippen molar-refractivity contribution >= 4 is 45.2 Å². The van der Waals surface area contributed by atoms with Gasteiger partial charge in [0.05, 0.1) is 22.0 Å². The second kappa shape index (κ2) is 7.74. The molecular formula is C24H24ClFN6. The molecule has 3 heterocycles. The lowest BCUT2D eigenvalue weighted by atomic mass is 9.88. The molecule has 0 amide bonds. The maximum atomic E-state index is 14.7. The van der Waals surface area contributed by atoms with Gasteiger partial charge in [-0.2, -0.15) is 0 Å². The first-order valence-corrected chi connectivity index (χ1v) is 11.0. The smallest absolute Gasteiger partial charge is 0.146 e. The highest BCUT2D eigenvalue weighted by Gasteiger charge is 2.28. The van der Waals surface area contributed by atoms with Crippen molar-refractivity contribution in [2.45, 2.75) is 32.7 Å². The average Bonchev–Trinajstić information content (AvgIpc) is 3.34. The molecule has 5 rings (SSSR count). The van der Waals surface area contributed by atoms with Crippen molar-refractivity contribution in [3.63, 3.8) is 0 Å². The molecule has 0 saturated heterocycles. The first-order valence-electron chi connectivity index (χ1n) is 10.6. The van der Waals surface area contributed by atoms with E-state index in [9.17, 15) is 4.39 Å². The normalized spacial score (nSPS) is 19.6. The molecule has 1 aliphatic rings. The minimum atomic E-state index is -0.332. The first kappa shape index (κ1) is 20.7. The van der Waals surface area contributed by atoms with Crippen molar-refractivity contribution in [3.8, 4) is 0 Å². The third-order valence-electron chi connectivity index (χ3n) is 6.48. The van der Waals surface area contributed by atoms with Crippen molar-refractivity contribution in [3.05, 3.63) is 64.8 Å². The number of hydrogen-bond acceptors (Lipinski definition) is 5. The summed E-state index contributed by atoms with van der Waals surface area (Å²) >= 11 is 6.01. The second-order valence-electron chi connectivity index (χ2n) is 8.69. The van der Waals surface area contributed by atoms with E-state index in [4.69, 9.17) is 23.1 Å². The number of halogens is 2. The fourth-order valence-electron chi connectivity index (χ4n) is 4.92. The van der Waals surface area contributed by atoms with E-state index < -0.39 is 0 Å². The Balaban J connectivity index is 1.43. The van der Waals surface area contributed by atoms with E-state index in [1.54, 1.807) is 6.07 Å². The quantitative estimate of drug-likeness (QED) is 0.410. The minimum Gasteiger partial charge on any atom is -0.383 e. The van der Waals surface area contributed by atoms with Crippen LogP contribution in [0, 0.1) is 17.7 Å². The summed E-state index contributed by atoms with van der Waals surface area (Å²) in [6, 6.07) is 7.17. The van der Waals surface area contributed by atoms with Crippen molar-refractivity contribution < 1.29 is 4.39 Å². The van der Waals surface area contributed by atoms with E-state index in [0.29, 0.717) is 29.1 Å². The van der Waals surface area contributed by atoms with Gasteiger partial charge in [-0.15, -0.1) is 0 Å². The zero-order valence-corrected chi connectivity index (χ0v) is 18.6. The number of nitrogens with two attached hydrogens (primary N) is 2. The number of rotatable bonds is 4. The highest BCUT2D eigenvalue weighted by Crippen LogP contribution is 2.40. The predicted octanol–water partition coefficient (Wildman–Crippen LogP) is 5.32. The van der Waals surface area contributed by atoms with Crippen molar-refractivity contribution in [1.82, 2.24) is 19.5 Å². The minimum absolute atomic E-state index is 0.200. The number of benzene rings is 1. The Morgan fingerprint density at radius 3 is 2.81 bits per heavy atom. The molecule has 32 heavy (non-hydrogen) atoms. The standard InChI is InChI=1S/C24H24ClFN6/c1-12(5-14-7-20(26)18-10-19(25)23(28)31-21(18)8-14)17-9-15(6-13(17)2)32-4-3-16-22(27)29-11-30-24(16)32/h3-4,7-13,15H,5-6H2,1-2H3,(H2,28,31)(H2,27,29,30). The van der Waals surface area contributed by atoms with Gasteiger partial charge >= 0.3 is 0 Å². The van der Waals surface area contributed by atoms with Gasteiger partial charge in [-0.3, -0.25) is 0 Å². The first-order chi connectivity index (χ1) is 15.3. The molecule has 8 heteroatoms. The van der Waals surface area contributed by atoms with Gasteiger partial charge in [-0.05, 0) is 54.5 Å². The summed E-state index contributed by atoms with van der Waals surface area (Å²) in [5, 5.41) is 1.52. The molecule has 0 spiro atoms. The van der Waals surface area contributed by atoms with Crippen LogP contribution in [0.2, 0.25) is 5.02 Å². The molecule has 3 aromatic heterocycles. The van der Waals surface area contributed by atoms with E-state index >= 15 is 0 Å². The number of anilines is 2. The van der Waals surface area contributed by atoms with Crippen LogP contribution in [-0.2, 0) is 6.42 Å². The summed E-state index contributed by atoms with van der Waals surface area (Å²) in [5.41, 5.74) is 15.4. The summed E-state index contributed by atoms with van der Waals surface area (Å²) in [6.45, 7) is 4.42. The van der Waals surface area contributed by atoms with Crippen LogP contribution in [0.4, 0.5) is 16.0 Å². The Bertz CT molecular complexity index is 1380. The van der Waals surface area contributed by atoms with Gasteiger partial charge in [0.15, 0.2) is 0 Å². The highest BCUT2D eigenvalue weighted by molar-refractivity contribution is 6.33. The van der Waals surface area contributed by atoms with Crippen molar-refractivity contribution in [2.24, 2.45) is 11.8 Å². The van der Waals surface area contributed by atoms with E-state index in [1.807, 2.05) is 18.3 Å². The second-order valence-corrected chi connectivity index (χ2v) is 9.10. The summed E-state index contributed by atoms with van der Waals surface area (Å²) in [6.07, 6.45) is 7.54. The molecule has 6 nitrogen and oxygen atoms in total. The molecule has 1 aliphatic carbocycles. The van der Waals surface area contributed by atoms with E-state index in [1.165, 1.54) is 18.0 Å². The molecule has 3 unspecified atom stereocenters. The molecule has 0 fully saturated rings. The van der Waals surface area contributed by atoms with E-state index in [0.717, 1.165) is 23.0 Å². The van der Waals surface area contributed by atoms with Crippen LogP contribution in [0.1, 0.15) is 31.9 Å². The van der Waals surface area contributed by atoms with Crippen molar-refractivity contribution in [1.29, 1.82) is 0 Å². The van der Waals surface area contributed by atoms with Gasteiger partial charge in [-0.25, -0.2) is 19.3 Å². The third-order valence-corrected chi connectivity index (χ3v) is 6.78. The zero-order chi connectivity index (χ0) is 22.6. The van der Waals surface area contributed by atoms with Gasteiger partial charge in [0.2, 0.25) is 0 Å². The number of nitrogen functional groups attached to an aromatic ring is 2. The number of allylic oxidation sites excluding steroid dienone is 2. The van der Waals surface area contributed by atoms with E-state index in [-0.39, 0.29) is 28.6 Å². The van der Waals surface area contributed by atoms with Crippen LogP contribution >= 0.6 is 11.6 Å². The topological polar surface area (TPSA) is 95.6 Å². The lowest BCUT2D eigenvalue weighted by Gasteiger charge is -2.18. The van der Waals surface area contributed by atoms with Gasteiger partial charge in [-0.1, -0.05) is 37.1 Å². The van der Waals surface area contributed by atoms with E-state index in [2.05, 4.69) is 39.4 Å². The van der Waals surface area contributed by atoms with Crippen molar-refractivity contribution in [2.75, 3.05) is 11.5 Å². The van der Waals surface area contributed by atoms with Gasteiger partial charge in [0.25, 0.3) is 0 Å².